The van der Waals surface area contributed by atoms with Gasteiger partial charge in [-0.2, -0.15) is 0 Å². The van der Waals surface area contributed by atoms with Crippen LogP contribution < -0.4 is 5.32 Å². The second-order valence-electron chi connectivity index (χ2n) is 3.91. The lowest BCUT2D eigenvalue weighted by molar-refractivity contribution is 0.0828. The van der Waals surface area contributed by atoms with Crippen molar-refractivity contribution in [1.82, 2.24) is 5.32 Å². The summed E-state index contributed by atoms with van der Waals surface area (Å²) in [5.41, 5.74) is 0.824. The number of phenolic OH excluding ortho intramolecular Hbond substituents is 1. The van der Waals surface area contributed by atoms with Gasteiger partial charge in [0.05, 0.1) is 13.2 Å². The maximum Gasteiger partial charge on any atom is 0.407 e. The minimum Gasteiger partial charge on any atom is -0.508 e. The molecule has 1 atom stereocenters. The highest BCUT2D eigenvalue weighted by Gasteiger charge is 2.19. The van der Waals surface area contributed by atoms with Gasteiger partial charge in [0.1, 0.15) is 11.9 Å². The number of rotatable bonds is 3. The fourth-order valence-corrected chi connectivity index (χ4v) is 1.64. The molecule has 17 heavy (non-hydrogen) atoms. The number of aromatic hydroxyl groups is 1. The van der Waals surface area contributed by atoms with E-state index in [4.69, 9.17) is 9.47 Å². The summed E-state index contributed by atoms with van der Waals surface area (Å²) in [6, 6.07) is 6.72. The van der Waals surface area contributed by atoms with Crippen LogP contribution in [-0.4, -0.2) is 30.5 Å². The number of amides is 1. The third-order valence-corrected chi connectivity index (χ3v) is 2.51. The van der Waals surface area contributed by atoms with Crippen LogP contribution in [-0.2, 0) is 16.0 Å². The predicted molar refractivity (Wildman–Crippen MR) is 60.7 cm³/mol. The molecule has 5 heteroatoms. The van der Waals surface area contributed by atoms with E-state index in [1.165, 1.54) is 0 Å². The first-order valence-corrected chi connectivity index (χ1v) is 5.54. The third-order valence-electron chi connectivity index (χ3n) is 2.51. The number of hydrogen-bond donors (Lipinski definition) is 2. The Kier molecular flexibility index (Phi) is 3.82. The van der Waals surface area contributed by atoms with Gasteiger partial charge in [0, 0.05) is 13.0 Å². The maximum absolute atomic E-state index is 11.4. The summed E-state index contributed by atoms with van der Waals surface area (Å²) in [5, 5.41) is 11.9. The first-order chi connectivity index (χ1) is 8.24. The van der Waals surface area contributed by atoms with Crippen LogP contribution in [0.25, 0.3) is 0 Å². The van der Waals surface area contributed by atoms with Gasteiger partial charge in [-0.3, -0.25) is 0 Å². The number of benzene rings is 1. The molecule has 0 aromatic heterocycles. The molecule has 2 rings (SSSR count). The second-order valence-corrected chi connectivity index (χ2v) is 3.91. The molecule has 1 aliphatic heterocycles. The van der Waals surface area contributed by atoms with Gasteiger partial charge >= 0.3 is 6.09 Å². The molecule has 1 saturated heterocycles. The molecular weight excluding hydrogens is 222 g/mol. The van der Waals surface area contributed by atoms with E-state index in [1.807, 2.05) is 6.07 Å². The third kappa shape index (κ3) is 3.64. The van der Waals surface area contributed by atoms with Crippen LogP contribution in [0, 0.1) is 0 Å². The Morgan fingerprint density at radius 1 is 1.59 bits per heavy atom. The first-order valence-electron chi connectivity index (χ1n) is 5.54. The highest BCUT2D eigenvalue weighted by Crippen LogP contribution is 2.11. The largest absolute Gasteiger partial charge is 0.508 e. The molecule has 2 N–H and O–H groups in total. The molecule has 1 amide bonds. The van der Waals surface area contributed by atoms with E-state index in [-0.39, 0.29) is 11.9 Å². The summed E-state index contributed by atoms with van der Waals surface area (Å²) in [4.78, 5) is 11.4. The number of carbonyl (C=O) groups excluding carboxylic acids is 1. The topological polar surface area (TPSA) is 67.8 Å². The average molecular weight is 237 g/mol. The molecule has 1 heterocycles. The molecule has 0 saturated carbocycles. The van der Waals surface area contributed by atoms with Crippen molar-refractivity contribution >= 4 is 6.09 Å². The molecule has 1 aromatic carbocycles. The summed E-state index contributed by atoms with van der Waals surface area (Å²) in [7, 11) is 0. The van der Waals surface area contributed by atoms with Crippen molar-refractivity contribution in [2.24, 2.45) is 0 Å². The van der Waals surface area contributed by atoms with Crippen LogP contribution in [0.3, 0.4) is 0 Å². The summed E-state index contributed by atoms with van der Waals surface area (Å²) < 4.78 is 10.2. The Morgan fingerprint density at radius 3 is 3.18 bits per heavy atom. The number of carbonyl (C=O) groups is 1. The van der Waals surface area contributed by atoms with E-state index < -0.39 is 6.09 Å². The fraction of sp³-hybridized carbons (Fsp3) is 0.417. The van der Waals surface area contributed by atoms with Gasteiger partial charge in [-0.15, -0.1) is 0 Å². The van der Waals surface area contributed by atoms with Crippen LogP contribution in [0.15, 0.2) is 24.3 Å². The number of hydrogen-bond acceptors (Lipinski definition) is 4. The molecule has 1 aliphatic rings. The van der Waals surface area contributed by atoms with Crippen molar-refractivity contribution in [1.29, 1.82) is 0 Å². The Labute approximate surface area is 99.3 Å². The van der Waals surface area contributed by atoms with Crippen LogP contribution in [0.5, 0.6) is 5.75 Å². The number of nitrogens with one attached hydrogen (secondary N) is 1. The highest BCUT2D eigenvalue weighted by atomic mass is 16.6. The summed E-state index contributed by atoms with van der Waals surface area (Å²) in [6.45, 7) is 1.45. The van der Waals surface area contributed by atoms with E-state index >= 15 is 0 Å². The molecule has 92 valence electrons. The van der Waals surface area contributed by atoms with Crippen molar-refractivity contribution in [3.63, 3.8) is 0 Å². The van der Waals surface area contributed by atoms with E-state index in [0.29, 0.717) is 19.8 Å². The van der Waals surface area contributed by atoms with Crippen LogP contribution in [0.4, 0.5) is 4.79 Å². The van der Waals surface area contributed by atoms with Crippen LogP contribution in [0.1, 0.15) is 12.0 Å². The van der Waals surface area contributed by atoms with Gasteiger partial charge < -0.3 is 19.9 Å². The molecule has 1 fully saturated rings. The Bertz CT molecular complexity index is 388. The zero-order valence-corrected chi connectivity index (χ0v) is 9.39. The van der Waals surface area contributed by atoms with E-state index in [1.54, 1.807) is 18.2 Å². The lowest BCUT2D eigenvalue weighted by atomic mass is 10.2. The number of phenols is 1. The molecule has 5 nitrogen and oxygen atoms in total. The van der Waals surface area contributed by atoms with Crippen LogP contribution in [0.2, 0.25) is 0 Å². The molecule has 0 spiro atoms. The average Bonchev–Trinajstić information content (AvgIpc) is 2.79. The van der Waals surface area contributed by atoms with Gasteiger partial charge in [-0.25, -0.2) is 4.79 Å². The lowest BCUT2D eigenvalue weighted by Gasteiger charge is -2.11. The Balaban J connectivity index is 1.75. The minimum absolute atomic E-state index is 0.140. The zero-order valence-electron chi connectivity index (χ0n) is 9.39. The fourth-order valence-electron chi connectivity index (χ4n) is 1.64. The normalized spacial score (nSPS) is 18.9. The standard InChI is InChI=1S/C12H15NO4/c14-10-3-1-2-9(6-10)7-13-12(15)17-11-4-5-16-8-11/h1-3,6,11,14H,4-5,7-8H2,(H,13,15). The molecule has 0 radical (unpaired) electrons. The van der Waals surface area contributed by atoms with Crippen LogP contribution >= 0.6 is 0 Å². The van der Waals surface area contributed by atoms with Gasteiger partial charge in [-0.1, -0.05) is 12.1 Å². The number of ether oxygens (including phenoxy) is 2. The monoisotopic (exact) mass is 237 g/mol. The van der Waals surface area contributed by atoms with E-state index in [9.17, 15) is 9.90 Å². The molecule has 1 unspecified atom stereocenters. The van der Waals surface area contributed by atoms with Crippen molar-refractivity contribution in [3.8, 4) is 5.75 Å². The van der Waals surface area contributed by atoms with Gasteiger partial charge in [0.15, 0.2) is 0 Å². The van der Waals surface area contributed by atoms with E-state index in [0.717, 1.165) is 12.0 Å². The quantitative estimate of drug-likeness (QED) is 0.834. The van der Waals surface area contributed by atoms with Gasteiger partial charge in [0.25, 0.3) is 0 Å². The zero-order chi connectivity index (χ0) is 12.1. The number of alkyl carbamates (subject to hydrolysis) is 1. The smallest absolute Gasteiger partial charge is 0.407 e. The molecule has 0 aliphatic carbocycles. The van der Waals surface area contributed by atoms with Crippen molar-refractivity contribution in [2.45, 2.75) is 19.1 Å². The van der Waals surface area contributed by atoms with E-state index in [2.05, 4.69) is 5.32 Å². The lowest BCUT2D eigenvalue weighted by Crippen LogP contribution is -2.28. The predicted octanol–water partition coefficient (Wildman–Crippen LogP) is 1.41. The summed E-state index contributed by atoms with van der Waals surface area (Å²) >= 11 is 0. The SMILES string of the molecule is O=C(NCc1cccc(O)c1)OC1CCOC1. The molecule has 1 aromatic rings. The Hall–Kier alpha value is -1.75. The minimum atomic E-state index is -0.455. The molecular formula is C12H15NO4. The first kappa shape index (κ1) is 11.7. The maximum atomic E-state index is 11.4. The second kappa shape index (κ2) is 5.54. The van der Waals surface area contributed by atoms with Crippen molar-refractivity contribution in [2.75, 3.05) is 13.2 Å². The summed E-state index contributed by atoms with van der Waals surface area (Å²) in [6.07, 6.45) is 0.155. The van der Waals surface area contributed by atoms with Gasteiger partial charge in [0.2, 0.25) is 0 Å². The summed E-state index contributed by atoms with van der Waals surface area (Å²) in [5.74, 6) is 0.182. The Morgan fingerprint density at radius 2 is 2.47 bits per heavy atom. The molecule has 0 bridgehead atoms. The highest BCUT2D eigenvalue weighted by molar-refractivity contribution is 5.67. The van der Waals surface area contributed by atoms with Crippen molar-refractivity contribution < 1.29 is 19.4 Å². The van der Waals surface area contributed by atoms with Crippen molar-refractivity contribution in [3.05, 3.63) is 29.8 Å². The van der Waals surface area contributed by atoms with Gasteiger partial charge in [-0.05, 0) is 17.7 Å².